The molecule has 4 heterocycles. The molecule has 0 radical (unpaired) electrons. The smallest absolute Gasteiger partial charge is 0.334 e. The highest BCUT2D eigenvalue weighted by Gasteiger charge is 2.91. The van der Waals surface area contributed by atoms with Crippen LogP contribution in [0.3, 0.4) is 0 Å². The van der Waals surface area contributed by atoms with Crippen molar-refractivity contribution in [1.29, 1.82) is 0 Å². The highest BCUT2D eigenvalue weighted by Crippen LogP contribution is 2.78. The molecule has 0 aromatic carbocycles. The van der Waals surface area contributed by atoms with Gasteiger partial charge in [-0.05, 0) is 24.3 Å². The minimum atomic E-state index is -0.734. The number of cyclic esters (lactones) is 1. The first-order chi connectivity index (χ1) is 12.3. The highest BCUT2D eigenvalue weighted by molar-refractivity contribution is 5.92. The molecule has 2 spiro atoms. The third-order valence-corrected chi connectivity index (χ3v) is 8.64. The van der Waals surface area contributed by atoms with Gasteiger partial charge in [0, 0.05) is 29.2 Å². The van der Waals surface area contributed by atoms with Crippen LogP contribution in [0.25, 0.3) is 0 Å². The molecule has 6 heteroatoms. The van der Waals surface area contributed by atoms with Crippen molar-refractivity contribution in [3.63, 3.8) is 0 Å². The summed E-state index contributed by atoms with van der Waals surface area (Å²) < 4.78 is 18.1. The van der Waals surface area contributed by atoms with Gasteiger partial charge in [0.25, 0.3) is 0 Å². The average molecular weight is 362 g/mol. The van der Waals surface area contributed by atoms with Gasteiger partial charge in [-0.2, -0.15) is 0 Å². The van der Waals surface area contributed by atoms with E-state index in [1.165, 1.54) is 0 Å². The molecule has 142 valence electrons. The molecule has 0 aromatic heterocycles. The average Bonchev–Trinajstić information content (AvgIpc) is 3.19. The summed E-state index contributed by atoms with van der Waals surface area (Å²) in [6.07, 6.45) is 0.483. The Morgan fingerprint density at radius 3 is 2.65 bits per heavy atom. The van der Waals surface area contributed by atoms with Gasteiger partial charge in [0.15, 0.2) is 0 Å². The van der Waals surface area contributed by atoms with Crippen LogP contribution in [0.2, 0.25) is 0 Å². The van der Waals surface area contributed by atoms with E-state index in [-0.39, 0.29) is 41.3 Å². The van der Waals surface area contributed by atoms with Crippen molar-refractivity contribution >= 4 is 5.97 Å². The van der Waals surface area contributed by atoms with Crippen molar-refractivity contribution in [2.45, 2.75) is 75.7 Å². The second-order valence-electron chi connectivity index (χ2n) is 9.76. The number of hydrogen-bond donors (Lipinski definition) is 2. The molecule has 7 aliphatic rings. The summed E-state index contributed by atoms with van der Waals surface area (Å²) in [5, 5.41) is 22.3. The lowest BCUT2D eigenvalue weighted by Gasteiger charge is -2.71. The molecule has 4 aliphatic heterocycles. The van der Waals surface area contributed by atoms with E-state index in [0.29, 0.717) is 13.0 Å². The number of hydrogen-bond acceptors (Lipinski definition) is 6. The molecule has 2 N–H and O–H groups in total. The number of esters is 1. The molecular formula is C20H26O6. The summed E-state index contributed by atoms with van der Waals surface area (Å²) in [6, 6.07) is 0. The zero-order chi connectivity index (χ0) is 18.2. The Balaban J connectivity index is 1.49. The van der Waals surface area contributed by atoms with Crippen LogP contribution in [0.1, 0.15) is 40.0 Å². The molecule has 2 bridgehead atoms. The highest BCUT2D eigenvalue weighted by atomic mass is 16.7. The molecule has 9 atom stereocenters. The first kappa shape index (κ1) is 16.0. The lowest BCUT2D eigenvalue weighted by molar-refractivity contribution is -0.373. The Hall–Kier alpha value is -0.950. The molecule has 3 aliphatic carbocycles. The molecule has 6 nitrogen and oxygen atoms in total. The van der Waals surface area contributed by atoms with Crippen molar-refractivity contribution in [3.8, 4) is 0 Å². The normalized spacial score (nSPS) is 59.1. The molecule has 0 aromatic rings. The van der Waals surface area contributed by atoms with Gasteiger partial charge in [-0.25, -0.2) is 4.79 Å². The zero-order valence-corrected chi connectivity index (χ0v) is 15.4. The van der Waals surface area contributed by atoms with Crippen molar-refractivity contribution in [1.82, 2.24) is 0 Å². The predicted molar refractivity (Wildman–Crippen MR) is 89.0 cm³/mol. The second-order valence-corrected chi connectivity index (χ2v) is 9.76. The number of aliphatic hydroxyl groups is 2. The Kier molecular flexibility index (Phi) is 2.70. The van der Waals surface area contributed by atoms with Gasteiger partial charge in [-0.1, -0.05) is 20.8 Å². The second kappa shape index (κ2) is 4.37. The van der Waals surface area contributed by atoms with Crippen LogP contribution < -0.4 is 0 Å². The van der Waals surface area contributed by atoms with Crippen LogP contribution >= 0.6 is 0 Å². The summed E-state index contributed by atoms with van der Waals surface area (Å²) in [5.74, 6) is -0.218. The molecule has 2 saturated carbocycles. The van der Waals surface area contributed by atoms with Crippen LogP contribution in [0.4, 0.5) is 0 Å². The maximum atomic E-state index is 12.1. The van der Waals surface area contributed by atoms with E-state index in [0.717, 1.165) is 24.0 Å². The summed E-state index contributed by atoms with van der Waals surface area (Å²) in [4.78, 5) is 12.1. The maximum Gasteiger partial charge on any atom is 0.334 e. The number of ether oxygens (including phenoxy) is 3. The fraction of sp³-hybridized carbons (Fsp3) is 0.850. The topological polar surface area (TPSA) is 88.5 Å². The molecule has 26 heavy (non-hydrogen) atoms. The minimum absolute atomic E-state index is 0.00650. The van der Waals surface area contributed by atoms with Gasteiger partial charge in [0.2, 0.25) is 0 Å². The minimum Gasteiger partial charge on any atom is -0.458 e. The molecule has 3 unspecified atom stereocenters. The molecule has 5 fully saturated rings. The molecule has 3 saturated heterocycles. The Labute approximate surface area is 152 Å². The summed E-state index contributed by atoms with van der Waals surface area (Å²) in [5.41, 5.74) is 0.258. The Morgan fingerprint density at radius 1 is 1.23 bits per heavy atom. The van der Waals surface area contributed by atoms with Gasteiger partial charge >= 0.3 is 5.97 Å². The van der Waals surface area contributed by atoms with Crippen LogP contribution in [-0.2, 0) is 19.0 Å². The first-order valence-electron chi connectivity index (χ1n) is 9.89. The van der Waals surface area contributed by atoms with E-state index < -0.39 is 23.4 Å². The number of carbonyl (C=O) groups is 1. The largest absolute Gasteiger partial charge is 0.458 e. The third-order valence-electron chi connectivity index (χ3n) is 8.64. The monoisotopic (exact) mass is 362 g/mol. The predicted octanol–water partition coefficient (Wildman–Crippen LogP) is 0.943. The summed E-state index contributed by atoms with van der Waals surface area (Å²) in [6.45, 7) is 6.63. The quantitative estimate of drug-likeness (QED) is 0.533. The van der Waals surface area contributed by atoms with Gasteiger partial charge in [-0.3, -0.25) is 0 Å². The van der Waals surface area contributed by atoms with Crippen LogP contribution in [0.5, 0.6) is 0 Å². The zero-order valence-electron chi connectivity index (χ0n) is 15.4. The Morgan fingerprint density at radius 2 is 1.96 bits per heavy atom. The van der Waals surface area contributed by atoms with E-state index in [1.54, 1.807) is 0 Å². The summed E-state index contributed by atoms with van der Waals surface area (Å²) in [7, 11) is 0. The standard InChI is InChI=1S/C20H26O6/c1-8(2)12-14(21)16-20(26-16)18(3)5-4-9-10(7-24-17(9)23)13(18)11-6-19(20,25-11)15(12)22/h8,11-16,21-22H,4-7H2,1-3H3/t11?,12?,13-,14-,15?,16+,18+,19-,20-/m1/s1. The Bertz CT molecular complexity index is 751. The van der Waals surface area contributed by atoms with Crippen LogP contribution in [0, 0.1) is 23.2 Å². The van der Waals surface area contributed by atoms with E-state index in [2.05, 4.69) is 6.92 Å². The van der Waals surface area contributed by atoms with Crippen LogP contribution in [-0.4, -0.2) is 58.4 Å². The third kappa shape index (κ3) is 1.35. The summed E-state index contributed by atoms with van der Waals surface area (Å²) >= 11 is 0. The lowest BCUT2D eigenvalue weighted by Crippen LogP contribution is -2.83. The lowest BCUT2D eigenvalue weighted by atomic mass is 9.41. The van der Waals surface area contributed by atoms with E-state index in [1.807, 2.05) is 13.8 Å². The first-order valence-corrected chi connectivity index (χ1v) is 9.89. The van der Waals surface area contributed by atoms with Gasteiger partial charge in [0.1, 0.15) is 23.9 Å². The molecular weight excluding hydrogens is 336 g/mol. The van der Waals surface area contributed by atoms with Gasteiger partial charge < -0.3 is 24.4 Å². The number of epoxide rings is 1. The van der Waals surface area contributed by atoms with E-state index >= 15 is 0 Å². The number of aliphatic hydroxyl groups excluding tert-OH is 2. The maximum absolute atomic E-state index is 12.1. The van der Waals surface area contributed by atoms with Crippen molar-refractivity contribution in [3.05, 3.63) is 11.1 Å². The van der Waals surface area contributed by atoms with E-state index in [9.17, 15) is 15.0 Å². The van der Waals surface area contributed by atoms with Crippen molar-refractivity contribution in [2.24, 2.45) is 23.2 Å². The van der Waals surface area contributed by atoms with Gasteiger partial charge in [0.05, 0.1) is 18.3 Å². The van der Waals surface area contributed by atoms with Gasteiger partial charge in [-0.15, -0.1) is 0 Å². The fourth-order valence-electron chi connectivity index (χ4n) is 7.58. The fourth-order valence-corrected chi connectivity index (χ4v) is 7.58. The van der Waals surface area contributed by atoms with Crippen molar-refractivity contribution in [2.75, 3.05) is 6.61 Å². The molecule has 7 rings (SSSR count). The SMILES string of the molecule is CC(C)C1C(O)[C@@]23CC(O2)[C@H]2C4=C(CC[C@]2(C)[C@@]32O[C@H]2[C@@H]1O)C(=O)OC4. The van der Waals surface area contributed by atoms with E-state index in [4.69, 9.17) is 14.2 Å². The number of carbonyl (C=O) groups excluding carboxylic acids is 1. The van der Waals surface area contributed by atoms with Crippen LogP contribution in [0.15, 0.2) is 11.1 Å². The number of rotatable bonds is 1. The molecule has 0 amide bonds. The van der Waals surface area contributed by atoms with Crippen molar-refractivity contribution < 1.29 is 29.2 Å².